The standard InChI is InChI=1S/C42H32N4/c1-42(2)35-22-11-9-20-31(35)33-25-34-32-21-10-12-23-37(32)46(38(34)26-36(33)42)30-19-13-18-29(24-30)41-44-39(27-14-5-3-6-15-27)43-40(45-41)28-16-7-4-8-17-28/h3-12,14-18,20-26H,13,19H2,1-2H3. The van der Waals surface area contributed by atoms with E-state index in [4.69, 9.17) is 15.0 Å². The zero-order valence-corrected chi connectivity index (χ0v) is 25.9. The minimum Gasteiger partial charge on any atom is -0.313 e. The summed E-state index contributed by atoms with van der Waals surface area (Å²) in [6.45, 7) is 4.71. The summed E-state index contributed by atoms with van der Waals surface area (Å²) in [6.07, 6.45) is 6.40. The third-order valence-corrected chi connectivity index (χ3v) is 9.71. The highest BCUT2D eigenvalue weighted by Crippen LogP contribution is 2.51. The number of para-hydroxylation sites is 1. The van der Waals surface area contributed by atoms with Crippen molar-refractivity contribution in [2.24, 2.45) is 0 Å². The highest BCUT2D eigenvalue weighted by molar-refractivity contribution is 6.12. The van der Waals surface area contributed by atoms with Gasteiger partial charge in [-0.1, -0.05) is 123 Å². The van der Waals surface area contributed by atoms with Crippen molar-refractivity contribution in [1.82, 2.24) is 19.5 Å². The zero-order chi connectivity index (χ0) is 30.8. The van der Waals surface area contributed by atoms with Crippen molar-refractivity contribution in [1.29, 1.82) is 0 Å². The fraction of sp³-hybridized carbons (Fsp3) is 0.119. The molecule has 4 heteroatoms. The Morgan fingerprint density at radius 3 is 1.93 bits per heavy atom. The molecule has 2 aromatic heterocycles. The third kappa shape index (κ3) is 4.10. The maximum absolute atomic E-state index is 5.04. The minimum absolute atomic E-state index is 0.0695. The average molecular weight is 593 g/mol. The van der Waals surface area contributed by atoms with Gasteiger partial charge in [-0.15, -0.1) is 0 Å². The summed E-state index contributed by atoms with van der Waals surface area (Å²) in [5.74, 6) is 2.06. The van der Waals surface area contributed by atoms with Crippen LogP contribution in [-0.2, 0) is 5.41 Å². The molecule has 0 saturated heterocycles. The first-order valence-electron chi connectivity index (χ1n) is 16.0. The summed E-state index contributed by atoms with van der Waals surface area (Å²) in [4.78, 5) is 15.0. The molecule has 5 aromatic carbocycles. The molecule has 2 aliphatic rings. The Bertz CT molecular complexity index is 2320. The molecule has 0 aliphatic heterocycles. The van der Waals surface area contributed by atoms with E-state index in [1.54, 1.807) is 0 Å². The first-order valence-corrected chi connectivity index (χ1v) is 16.0. The number of fused-ring (bicyclic) bond motifs is 6. The molecule has 0 unspecified atom stereocenters. The van der Waals surface area contributed by atoms with E-state index in [0.717, 1.165) is 29.5 Å². The highest BCUT2D eigenvalue weighted by atomic mass is 15.0. The lowest BCUT2D eigenvalue weighted by Crippen LogP contribution is -2.15. The molecule has 220 valence electrons. The van der Waals surface area contributed by atoms with Crippen molar-refractivity contribution in [2.45, 2.75) is 32.1 Å². The Kier molecular flexibility index (Phi) is 5.94. The van der Waals surface area contributed by atoms with Gasteiger partial charge < -0.3 is 4.57 Å². The SMILES string of the molecule is CC1(C)c2ccccc2-c2cc3c4ccccc4n(C4=CC(c5nc(-c6ccccc6)nc(-c6ccccc6)n5)=CCC4)c3cc21. The van der Waals surface area contributed by atoms with Crippen molar-refractivity contribution in [3.8, 4) is 33.9 Å². The normalized spacial score (nSPS) is 15.0. The van der Waals surface area contributed by atoms with E-state index in [9.17, 15) is 0 Å². The van der Waals surface area contributed by atoms with Crippen LogP contribution in [0.4, 0.5) is 0 Å². The molecule has 0 atom stereocenters. The summed E-state index contributed by atoms with van der Waals surface area (Å²) in [6, 6.07) is 42.9. The Morgan fingerprint density at radius 1 is 0.565 bits per heavy atom. The number of benzene rings is 5. The Hall–Kier alpha value is -5.61. The van der Waals surface area contributed by atoms with Crippen LogP contribution in [0.1, 0.15) is 43.6 Å². The largest absolute Gasteiger partial charge is 0.313 e. The number of hydrogen-bond acceptors (Lipinski definition) is 3. The van der Waals surface area contributed by atoms with E-state index < -0.39 is 0 Å². The summed E-state index contributed by atoms with van der Waals surface area (Å²) in [7, 11) is 0. The molecule has 0 saturated carbocycles. The lowest BCUT2D eigenvalue weighted by Gasteiger charge is -2.22. The van der Waals surface area contributed by atoms with Gasteiger partial charge in [0.05, 0.1) is 11.0 Å². The first-order chi connectivity index (χ1) is 22.6. The van der Waals surface area contributed by atoms with Crippen LogP contribution in [0.15, 0.2) is 133 Å². The second-order valence-electron chi connectivity index (χ2n) is 12.8. The minimum atomic E-state index is -0.0695. The molecule has 2 aliphatic carbocycles. The Labute approximate surface area is 268 Å². The topological polar surface area (TPSA) is 43.6 Å². The van der Waals surface area contributed by atoms with Crippen LogP contribution in [-0.4, -0.2) is 19.5 Å². The maximum atomic E-state index is 5.04. The molecule has 0 spiro atoms. The van der Waals surface area contributed by atoms with Crippen molar-refractivity contribution in [3.63, 3.8) is 0 Å². The summed E-state index contributed by atoms with van der Waals surface area (Å²) in [5.41, 5.74) is 12.1. The lowest BCUT2D eigenvalue weighted by molar-refractivity contribution is 0.661. The summed E-state index contributed by atoms with van der Waals surface area (Å²) >= 11 is 0. The predicted octanol–water partition coefficient (Wildman–Crippen LogP) is 10.3. The molecule has 7 aromatic rings. The fourth-order valence-corrected chi connectivity index (χ4v) is 7.43. The molecule has 46 heavy (non-hydrogen) atoms. The van der Waals surface area contributed by atoms with Crippen molar-refractivity contribution >= 4 is 33.1 Å². The number of nitrogens with zero attached hydrogens (tertiary/aromatic N) is 4. The monoisotopic (exact) mass is 592 g/mol. The van der Waals surface area contributed by atoms with Crippen molar-refractivity contribution in [2.75, 3.05) is 0 Å². The Balaban J connectivity index is 1.23. The number of allylic oxidation sites excluding steroid dienone is 4. The molecule has 2 heterocycles. The van der Waals surface area contributed by atoms with Crippen LogP contribution >= 0.6 is 0 Å². The Morgan fingerprint density at radius 2 is 1.20 bits per heavy atom. The molecular formula is C42H32N4. The van der Waals surface area contributed by atoms with Gasteiger partial charge in [0, 0.05) is 38.6 Å². The van der Waals surface area contributed by atoms with Gasteiger partial charge in [-0.05, 0) is 59.4 Å². The van der Waals surface area contributed by atoms with E-state index >= 15 is 0 Å². The van der Waals surface area contributed by atoms with Crippen LogP contribution in [0.25, 0.3) is 67.0 Å². The van der Waals surface area contributed by atoms with Crippen molar-refractivity contribution in [3.05, 3.63) is 150 Å². The smallest absolute Gasteiger partial charge is 0.164 e. The van der Waals surface area contributed by atoms with Gasteiger partial charge in [0.2, 0.25) is 0 Å². The molecule has 0 N–H and O–H groups in total. The van der Waals surface area contributed by atoms with Gasteiger partial charge in [-0.25, -0.2) is 15.0 Å². The number of rotatable bonds is 4. The van der Waals surface area contributed by atoms with Crippen LogP contribution in [0.3, 0.4) is 0 Å². The van der Waals surface area contributed by atoms with Crippen LogP contribution in [0.2, 0.25) is 0 Å². The first kappa shape index (κ1) is 26.8. The van der Waals surface area contributed by atoms with Gasteiger partial charge in [0.1, 0.15) is 0 Å². The quantitative estimate of drug-likeness (QED) is 0.204. The van der Waals surface area contributed by atoms with E-state index in [2.05, 4.69) is 115 Å². The predicted molar refractivity (Wildman–Crippen MR) is 189 cm³/mol. The zero-order valence-electron chi connectivity index (χ0n) is 25.9. The van der Waals surface area contributed by atoms with Crippen LogP contribution < -0.4 is 0 Å². The highest BCUT2D eigenvalue weighted by Gasteiger charge is 2.36. The summed E-state index contributed by atoms with van der Waals surface area (Å²) < 4.78 is 2.48. The van der Waals surface area contributed by atoms with Gasteiger partial charge in [0.25, 0.3) is 0 Å². The van der Waals surface area contributed by atoms with Gasteiger partial charge in [-0.2, -0.15) is 0 Å². The lowest BCUT2D eigenvalue weighted by atomic mass is 9.82. The maximum Gasteiger partial charge on any atom is 0.164 e. The molecule has 0 radical (unpaired) electrons. The van der Waals surface area contributed by atoms with E-state index in [1.807, 2.05) is 36.4 Å². The van der Waals surface area contributed by atoms with Crippen LogP contribution in [0, 0.1) is 0 Å². The molecule has 0 bridgehead atoms. The van der Waals surface area contributed by atoms with Crippen molar-refractivity contribution < 1.29 is 0 Å². The van der Waals surface area contributed by atoms with Gasteiger partial charge >= 0.3 is 0 Å². The summed E-state index contributed by atoms with van der Waals surface area (Å²) in [5, 5.41) is 2.56. The third-order valence-electron chi connectivity index (χ3n) is 9.71. The van der Waals surface area contributed by atoms with Gasteiger partial charge in [0.15, 0.2) is 17.5 Å². The second kappa shape index (κ2) is 10.2. The second-order valence-corrected chi connectivity index (χ2v) is 12.8. The van der Waals surface area contributed by atoms with E-state index in [-0.39, 0.29) is 5.41 Å². The van der Waals surface area contributed by atoms with E-state index in [1.165, 1.54) is 49.8 Å². The average Bonchev–Trinajstić information content (AvgIpc) is 3.56. The number of aromatic nitrogens is 4. The molecule has 9 rings (SSSR count). The van der Waals surface area contributed by atoms with E-state index in [0.29, 0.717) is 17.5 Å². The molecule has 0 fully saturated rings. The van der Waals surface area contributed by atoms with Crippen LogP contribution in [0.5, 0.6) is 0 Å². The number of hydrogen-bond donors (Lipinski definition) is 0. The molecular weight excluding hydrogens is 560 g/mol. The van der Waals surface area contributed by atoms with Gasteiger partial charge in [-0.3, -0.25) is 0 Å². The fourth-order valence-electron chi connectivity index (χ4n) is 7.43. The molecule has 4 nitrogen and oxygen atoms in total. The molecule has 0 amide bonds.